The molecule has 0 unspecified atom stereocenters. The lowest BCUT2D eigenvalue weighted by Gasteiger charge is -2.29. The molecule has 0 spiro atoms. The van der Waals surface area contributed by atoms with Crippen LogP contribution in [0, 0.1) is 36.0 Å². The first-order valence-electron chi connectivity index (χ1n) is 13.9. The molecule has 1 aromatic heterocycles. The van der Waals surface area contributed by atoms with E-state index in [-0.39, 0.29) is 21.6 Å². The number of rotatable bonds is 8. The number of aromatic nitrogens is 2. The molecule has 3 aromatic rings. The quantitative estimate of drug-likeness (QED) is 0.184. The third-order valence-corrected chi connectivity index (χ3v) is 10.9. The Hall–Kier alpha value is -3.83. The maximum absolute atomic E-state index is 15.6. The average molecular weight is 685 g/mol. The number of morpholine rings is 1. The number of hydrogen-bond donors (Lipinski definition) is 1. The minimum atomic E-state index is -4.81. The molecule has 0 saturated carbocycles. The standard InChI is InChI=1S/C29H29F5N6O4S2/c1-14-12-19(39-38-14)35-26-25(43-5)27(40-8-10-44-11-9-40)37-28(36-26)45-18-7-6-16(13-17(18)30)46(41,42)29(3,4)20-23(33)21(31)15(2)22(32)24(20)34/h6-7,13H,8-12H2,1-5H3,(H,35,36,37,39). The fourth-order valence-electron chi connectivity index (χ4n) is 4.90. The summed E-state index contributed by atoms with van der Waals surface area (Å²) in [6, 6.07) is 2.82. The van der Waals surface area contributed by atoms with Gasteiger partial charge in [-0.1, -0.05) is 0 Å². The number of methoxy groups -OCH3 is 1. The Morgan fingerprint density at radius 2 is 1.67 bits per heavy atom. The topological polar surface area (TPSA) is 118 Å². The molecular weight excluding hydrogens is 655 g/mol. The Morgan fingerprint density at radius 3 is 2.24 bits per heavy atom. The van der Waals surface area contributed by atoms with Crippen LogP contribution in [0.4, 0.5) is 33.6 Å². The minimum absolute atomic E-state index is 0.0573. The van der Waals surface area contributed by atoms with Crippen LogP contribution >= 0.6 is 11.8 Å². The van der Waals surface area contributed by atoms with Gasteiger partial charge < -0.3 is 14.4 Å². The molecule has 1 N–H and O–H groups in total. The van der Waals surface area contributed by atoms with E-state index in [1.165, 1.54) is 7.11 Å². The molecule has 10 nitrogen and oxygen atoms in total. The second-order valence-corrected chi connectivity index (χ2v) is 14.5. The van der Waals surface area contributed by atoms with E-state index < -0.39 is 59.7 Å². The van der Waals surface area contributed by atoms with Gasteiger partial charge in [-0.3, -0.25) is 5.43 Å². The zero-order valence-electron chi connectivity index (χ0n) is 25.3. The number of halogens is 5. The van der Waals surface area contributed by atoms with Crippen LogP contribution in [-0.2, 0) is 19.3 Å². The lowest BCUT2D eigenvalue weighted by Crippen LogP contribution is -2.37. The predicted octanol–water partition coefficient (Wildman–Crippen LogP) is 5.59. The minimum Gasteiger partial charge on any atom is -0.490 e. The number of anilines is 1. The summed E-state index contributed by atoms with van der Waals surface area (Å²) in [5.41, 5.74) is 1.36. The lowest BCUT2D eigenvalue weighted by molar-refractivity contribution is 0.122. The molecule has 0 amide bonds. The molecule has 2 aliphatic rings. The molecular formula is C29H29F5N6O4S2. The number of sulfone groups is 1. The third kappa shape index (κ3) is 6.02. The highest BCUT2D eigenvalue weighted by molar-refractivity contribution is 7.99. The summed E-state index contributed by atoms with van der Waals surface area (Å²) in [5, 5.41) is 4.17. The number of ether oxygens (including phenoxy) is 2. The highest BCUT2D eigenvalue weighted by Crippen LogP contribution is 2.42. The predicted molar refractivity (Wildman–Crippen MR) is 161 cm³/mol. The van der Waals surface area contributed by atoms with Gasteiger partial charge >= 0.3 is 0 Å². The van der Waals surface area contributed by atoms with Crippen LogP contribution in [0.5, 0.6) is 5.75 Å². The molecule has 246 valence electrons. The van der Waals surface area contributed by atoms with Crippen molar-refractivity contribution in [2.24, 2.45) is 10.1 Å². The molecule has 0 bridgehead atoms. The summed E-state index contributed by atoms with van der Waals surface area (Å²) in [7, 11) is -3.37. The number of hydrazone groups is 1. The Kier molecular flexibility index (Phi) is 9.30. The van der Waals surface area contributed by atoms with Crippen LogP contribution in [0.25, 0.3) is 0 Å². The van der Waals surface area contributed by atoms with Crippen molar-refractivity contribution in [2.45, 2.75) is 53.8 Å². The summed E-state index contributed by atoms with van der Waals surface area (Å²) in [6.45, 7) is 6.25. The smallest absolute Gasteiger partial charge is 0.206 e. The fraction of sp³-hybridized carbons (Fsp3) is 0.379. The van der Waals surface area contributed by atoms with Crippen molar-refractivity contribution in [3.63, 3.8) is 0 Å². The first-order valence-corrected chi connectivity index (χ1v) is 16.2. The number of nitrogens with zero attached hydrogens (tertiary/aromatic N) is 5. The van der Waals surface area contributed by atoms with Crippen molar-refractivity contribution in [3.05, 3.63) is 58.4 Å². The van der Waals surface area contributed by atoms with Crippen LogP contribution in [0.2, 0.25) is 0 Å². The monoisotopic (exact) mass is 684 g/mol. The van der Waals surface area contributed by atoms with E-state index in [9.17, 15) is 26.0 Å². The van der Waals surface area contributed by atoms with Crippen LogP contribution in [-0.4, -0.2) is 63.3 Å². The van der Waals surface area contributed by atoms with Gasteiger partial charge in [0.2, 0.25) is 11.6 Å². The Labute approximate surface area is 266 Å². The normalized spacial score (nSPS) is 16.5. The average Bonchev–Trinajstić information content (AvgIpc) is 3.44. The summed E-state index contributed by atoms with van der Waals surface area (Å²) in [6.07, 6.45) is 0.444. The number of aliphatic imine (C=N–C) groups is 1. The van der Waals surface area contributed by atoms with Gasteiger partial charge in [-0.2, -0.15) is 10.1 Å². The highest BCUT2D eigenvalue weighted by atomic mass is 32.2. The fourth-order valence-corrected chi connectivity index (χ4v) is 7.20. The summed E-state index contributed by atoms with van der Waals surface area (Å²) >= 11 is 0.775. The SMILES string of the molecule is COc1c(N=C2CC(C)=NN2)nc(Sc2ccc(S(=O)(=O)C(C)(C)c3c(F)c(F)c(C)c(F)c3F)cc2F)nc1N1CCOCC1. The Morgan fingerprint density at radius 1 is 1.02 bits per heavy atom. The number of amidine groups is 1. The summed E-state index contributed by atoms with van der Waals surface area (Å²) in [5.74, 6) is -6.84. The highest BCUT2D eigenvalue weighted by Gasteiger charge is 2.44. The Bertz CT molecular complexity index is 1850. The van der Waals surface area contributed by atoms with Crippen molar-refractivity contribution >= 4 is 44.8 Å². The van der Waals surface area contributed by atoms with Gasteiger partial charge in [-0.25, -0.2) is 40.3 Å². The maximum atomic E-state index is 15.6. The van der Waals surface area contributed by atoms with E-state index >= 15 is 4.39 Å². The van der Waals surface area contributed by atoms with Crippen molar-refractivity contribution in [1.29, 1.82) is 0 Å². The van der Waals surface area contributed by atoms with Crippen LogP contribution in [0.15, 0.2) is 43.2 Å². The lowest BCUT2D eigenvalue weighted by atomic mass is 9.98. The van der Waals surface area contributed by atoms with Crippen molar-refractivity contribution in [2.75, 3.05) is 38.3 Å². The first kappa shape index (κ1) is 33.5. The van der Waals surface area contributed by atoms with E-state index in [0.29, 0.717) is 50.4 Å². The molecule has 1 saturated heterocycles. The van der Waals surface area contributed by atoms with Gasteiger partial charge in [0, 0.05) is 30.8 Å². The Balaban J connectivity index is 1.53. The maximum Gasteiger partial charge on any atom is 0.206 e. The molecule has 5 rings (SSSR count). The van der Waals surface area contributed by atoms with Crippen LogP contribution in [0.3, 0.4) is 0 Å². The molecule has 2 aromatic carbocycles. The van der Waals surface area contributed by atoms with Gasteiger partial charge in [-0.05, 0) is 57.7 Å². The molecule has 3 heterocycles. The molecule has 2 aliphatic heterocycles. The second-order valence-electron chi connectivity index (χ2n) is 10.9. The van der Waals surface area contributed by atoms with Crippen molar-refractivity contribution in [1.82, 2.24) is 15.4 Å². The number of hydrogen-bond acceptors (Lipinski definition) is 10. The van der Waals surface area contributed by atoms with Gasteiger partial charge in [0.15, 0.2) is 44.1 Å². The molecule has 0 aliphatic carbocycles. The molecule has 17 heteroatoms. The van der Waals surface area contributed by atoms with E-state index in [1.807, 2.05) is 11.8 Å². The van der Waals surface area contributed by atoms with E-state index in [4.69, 9.17) is 9.47 Å². The second kappa shape index (κ2) is 12.8. The molecule has 0 atom stereocenters. The zero-order valence-corrected chi connectivity index (χ0v) is 27.0. The van der Waals surface area contributed by atoms with Gasteiger partial charge in [0.1, 0.15) is 16.4 Å². The van der Waals surface area contributed by atoms with Gasteiger partial charge in [-0.15, -0.1) is 0 Å². The van der Waals surface area contributed by atoms with E-state index in [2.05, 4.69) is 25.5 Å². The molecule has 0 radical (unpaired) electrons. The van der Waals surface area contributed by atoms with Crippen LogP contribution in [0.1, 0.15) is 38.3 Å². The van der Waals surface area contributed by atoms with Crippen molar-refractivity contribution < 1.29 is 39.8 Å². The molecule has 46 heavy (non-hydrogen) atoms. The van der Waals surface area contributed by atoms with Crippen LogP contribution < -0.4 is 15.1 Å². The van der Waals surface area contributed by atoms with Gasteiger partial charge in [0.05, 0.1) is 35.7 Å². The number of benzene rings is 2. The number of nitrogens with one attached hydrogen (secondary N) is 1. The van der Waals surface area contributed by atoms with Crippen molar-refractivity contribution in [3.8, 4) is 5.75 Å². The van der Waals surface area contributed by atoms with E-state index in [1.54, 1.807) is 0 Å². The first-order chi connectivity index (χ1) is 21.7. The largest absolute Gasteiger partial charge is 0.490 e. The summed E-state index contributed by atoms with van der Waals surface area (Å²) < 4.78 is 110. The summed E-state index contributed by atoms with van der Waals surface area (Å²) in [4.78, 5) is 14.8. The zero-order chi connectivity index (χ0) is 33.6. The molecule has 1 fully saturated rings. The van der Waals surface area contributed by atoms with Gasteiger partial charge in [0.25, 0.3) is 0 Å². The third-order valence-electron chi connectivity index (χ3n) is 7.54. The van der Waals surface area contributed by atoms with E-state index in [0.717, 1.165) is 50.4 Å².